The van der Waals surface area contributed by atoms with Crippen molar-refractivity contribution >= 4 is 11.7 Å². The molecule has 0 radical (unpaired) electrons. The number of ketones is 1. The van der Waals surface area contributed by atoms with E-state index in [1.54, 1.807) is 23.2 Å². The number of hydrogen-bond donors (Lipinski definition) is 1. The number of carbonyl (C=O) groups excluding carboxylic acids is 2. The zero-order valence-electron chi connectivity index (χ0n) is 14.5. The van der Waals surface area contributed by atoms with Gasteiger partial charge in [0.1, 0.15) is 6.10 Å². The summed E-state index contributed by atoms with van der Waals surface area (Å²) in [6.45, 7) is 1.52. The van der Waals surface area contributed by atoms with Crippen LogP contribution in [0.25, 0.3) is 0 Å². The highest BCUT2D eigenvalue weighted by atomic mass is 16.3. The lowest BCUT2D eigenvalue weighted by molar-refractivity contribution is -0.127. The predicted molar refractivity (Wildman–Crippen MR) is 93.1 cm³/mol. The van der Waals surface area contributed by atoms with Crippen molar-refractivity contribution in [2.24, 2.45) is 5.92 Å². The molecular weight excluding hydrogens is 332 g/mol. The minimum absolute atomic E-state index is 0.291. The van der Waals surface area contributed by atoms with Crippen LogP contribution in [0.4, 0.5) is 0 Å². The Bertz CT molecular complexity index is 813. The number of Topliss-reactive ketones (excluding diaryl/α,β-unsaturated/α-hetero) is 1. The maximum atomic E-state index is 12.6. The number of amides is 1. The Hall–Kier alpha value is -2.54. The van der Waals surface area contributed by atoms with Gasteiger partial charge in [0.25, 0.3) is 11.7 Å². The Kier molecular flexibility index (Phi) is 4.55. The summed E-state index contributed by atoms with van der Waals surface area (Å²) in [7, 11) is 0. The fourth-order valence-corrected chi connectivity index (χ4v) is 3.56. The van der Waals surface area contributed by atoms with Crippen LogP contribution in [0.1, 0.15) is 53.5 Å². The molecule has 3 heterocycles. The summed E-state index contributed by atoms with van der Waals surface area (Å²) in [4.78, 5) is 30.5. The summed E-state index contributed by atoms with van der Waals surface area (Å²) < 4.78 is 1.86. The summed E-state index contributed by atoms with van der Waals surface area (Å²) in [6.07, 6.45) is 6.40. The lowest BCUT2D eigenvalue weighted by Crippen LogP contribution is -2.36. The zero-order chi connectivity index (χ0) is 18.1. The van der Waals surface area contributed by atoms with E-state index in [0.29, 0.717) is 36.8 Å². The second kappa shape index (κ2) is 6.99. The maximum Gasteiger partial charge on any atom is 0.295 e. The monoisotopic (exact) mass is 354 g/mol. The van der Waals surface area contributed by atoms with E-state index < -0.39 is 17.8 Å². The topological polar surface area (TPSA) is 88.3 Å². The van der Waals surface area contributed by atoms with Crippen molar-refractivity contribution in [3.8, 4) is 0 Å². The lowest BCUT2D eigenvalue weighted by Gasteiger charge is -2.29. The maximum absolute atomic E-state index is 12.6. The molecular formula is C19H22N4O3. The number of aryl methyl sites for hydroxylation is 1. The number of nitrogens with zero attached hydrogens (tertiary/aromatic N) is 4. The average molecular weight is 354 g/mol. The standard InChI is InChI=1S/C19H22N4O3/c24-17(13-4-1-5-13)16-10-15-12-22(8-3-9-23(15)21-16)19(26)18(25)14-6-2-7-20-11-14/h2,6-7,10-11,13,17,24H,1,3-5,8-9,12H2/t17-/m0/s1. The van der Waals surface area contributed by atoms with Gasteiger partial charge in [0, 0.05) is 31.0 Å². The molecule has 4 rings (SSSR count). The van der Waals surface area contributed by atoms with Gasteiger partial charge in [-0.3, -0.25) is 19.3 Å². The van der Waals surface area contributed by atoms with E-state index in [2.05, 4.69) is 10.1 Å². The van der Waals surface area contributed by atoms with E-state index in [-0.39, 0.29) is 0 Å². The van der Waals surface area contributed by atoms with Gasteiger partial charge in [-0.15, -0.1) is 0 Å². The van der Waals surface area contributed by atoms with Crippen LogP contribution in [-0.2, 0) is 17.9 Å². The van der Waals surface area contributed by atoms with Gasteiger partial charge in [-0.05, 0) is 43.4 Å². The average Bonchev–Trinajstić information content (AvgIpc) is 2.91. The molecule has 0 saturated heterocycles. The fraction of sp³-hybridized carbons (Fsp3) is 0.474. The molecule has 136 valence electrons. The van der Waals surface area contributed by atoms with Gasteiger partial charge in [0.2, 0.25) is 0 Å². The zero-order valence-corrected chi connectivity index (χ0v) is 14.5. The Labute approximate surface area is 151 Å². The Morgan fingerprint density at radius 3 is 2.77 bits per heavy atom. The second-order valence-corrected chi connectivity index (χ2v) is 7.07. The molecule has 2 aliphatic rings. The molecule has 0 aromatic carbocycles. The molecule has 7 heteroatoms. The largest absolute Gasteiger partial charge is 0.386 e. The van der Waals surface area contributed by atoms with Crippen molar-refractivity contribution in [2.75, 3.05) is 6.54 Å². The molecule has 1 saturated carbocycles. The van der Waals surface area contributed by atoms with E-state index in [4.69, 9.17) is 0 Å². The number of aliphatic hydroxyl groups excluding tert-OH is 1. The van der Waals surface area contributed by atoms with Crippen molar-refractivity contribution in [3.63, 3.8) is 0 Å². The SMILES string of the molecule is O=C(C(=O)N1CCCn2nc([C@@H](O)C3CCC3)cc2C1)c1cccnc1. The number of aromatic nitrogens is 3. The molecule has 0 spiro atoms. The van der Waals surface area contributed by atoms with Gasteiger partial charge >= 0.3 is 0 Å². The number of fused-ring (bicyclic) bond motifs is 1. The minimum Gasteiger partial charge on any atom is -0.386 e. The van der Waals surface area contributed by atoms with E-state index in [1.807, 2.05) is 10.7 Å². The van der Waals surface area contributed by atoms with Gasteiger partial charge in [-0.1, -0.05) is 6.42 Å². The first-order valence-corrected chi connectivity index (χ1v) is 9.12. The highest BCUT2D eigenvalue weighted by Crippen LogP contribution is 2.37. The minimum atomic E-state index is -0.541. The first kappa shape index (κ1) is 16.9. The number of pyridine rings is 1. The van der Waals surface area contributed by atoms with E-state index in [0.717, 1.165) is 31.4 Å². The van der Waals surface area contributed by atoms with Crippen LogP contribution in [0.2, 0.25) is 0 Å². The van der Waals surface area contributed by atoms with Crippen LogP contribution in [0.3, 0.4) is 0 Å². The second-order valence-electron chi connectivity index (χ2n) is 7.07. The molecule has 1 amide bonds. The summed E-state index contributed by atoms with van der Waals surface area (Å²) in [5, 5.41) is 15.0. The molecule has 1 N–H and O–H groups in total. The third-order valence-corrected chi connectivity index (χ3v) is 5.34. The molecule has 0 unspecified atom stereocenters. The molecule has 2 aromatic heterocycles. The van der Waals surface area contributed by atoms with Gasteiger partial charge in [0.05, 0.1) is 17.9 Å². The first-order chi connectivity index (χ1) is 12.6. The van der Waals surface area contributed by atoms with Crippen LogP contribution in [0.5, 0.6) is 0 Å². The van der Waals surface area contributed by atoms with Gasteiger partial charge in [-0.25, -0.2) is 0 Å². The molecule has 1 fully saturated rings. The van der Waals surface area contributed by atoms with E-state index in [9.17, 15) is 14.7 Å². The van der Waals surface area contributed by atoms with E-state index >= 15 is 0 Å². The fourth-order valence-electron chi connectivity index (χ4n) is 3.56. The highest BCUT2D eigenvalue weighted by Gasteiger charge is 2.31. The van der Waals surface area contributed by atoms with E-state index in [1.165, 1.54) is 6.20 Å². The molecule has 1 atom stereocenters. The summed E-state index contributed by atoms with van der Waals surface area (Å²) in [5.41, 5.74) is 1.84. The van der Waals surface area contributed by atoms with Crippen LogP contribution >= 0.6 is 0 Å². The number of hydrogen-bond acceptors (Lipinski definition) is 5. The third kappa shape index (κ3) is 3.14. The van der Waals surface area contributed by atoms with Gasteiger partial charge in [-0.2, -0.15) is 5.10 Å². The highest BCUT2D eigenvalue weighted by molar-refractivity contribution is 6.42. The Balaban J connectivity index is 1.51. The van der Waals surface area contributed by atoms with Crippen LogP contribution in [-0.4, -0.2) is 43.0 Å². The number of aliphatic hydroxyl groups is 1. The lowest BCUT2D eigenvalue weighted by atomic mass is 9.80. The first-order valence-electron chi connectivity index (χ1n) is 9.12. The quantitative estimate of drug-likeness (QED) is 0.667. The van der Waals surface area contributed by atoms with Crippen LogP contribution < -0.4 is 0 Å². The number of carbonyl (C=O) groups is 2. The molecule has 7 nitrogen and oxygen atoms in total. The van der Waals surface area contributed by atoms with Crippen molar-refractivity contribution in [3.05, 3.63) is 47.5 Å². The number of rotatable bonds is 4. The predicted octanol–water partition coefficient (Wildman–Crippen LogP) is 1.73. The summed E-state index contributed by atoms with van der Waals surface area (Å²) in [6, 6.07) is 5.12. The van der Waals surface area contributed by atoms with Crippen LogP contribution in [0, 0.1) is 5.92 Å². The van der Waals surface area contributed by atoms with Crippen molar-refractivity contribution in [2.45, 2.75) is 44.9 Å². The Morgan fingerprint density at radius 2 is 2.08 bits per heavy atom. The molecule has 1 aliphatic heterocycles. The van der Waals surface area contributed by atoms with Gasteiger partial charge < -0.3 is 10.0 Å². The molecule has 26 heavy (non-hydrogen) atoms. The molecule has 0 bridgehead atoms. The Morgan fingerprint density at radius 1 is 1.23 bits per heavy atom. The summed E-state index contributed by atoms with van der Waals surface area (Å²) >= 11 is 0. The summed E-state index contributed by atoms with van der Waals surface area (Å²) in [5.74, 6) is -0.770. The smallest absolute Gasteiger partial charge is 0.295 e. The molecule has 1 aliphatic carbocycles. The normalized spacial score (nSPS) is 18.6. The van der Waals surface area contributed by atoms with Crippen LogP contribution in [0.15, 0.2) is 30.6 Å². The van der Waals surface area contributed by atoms with Crippen molar-refractivity contribution in [1.29, 1.82) is 0 Å². The van der Waals surface area contributed by atoms with Crippen molar-refractivity contribution < 1.29 is 14.7 Å². The van der Waals surface area contributed by atoms with Gasteiger partial charge in [0.15, 0.2) is 0 Å². The van der Waals surface area contributed by atoms with Crippen molar-refractivity contribution in [1.82, 2.24) is 19.7 Å². The molecule has 2 aromatic rings. The third-order valence-electron chi connectivity index (χ3n) is 5.34.